The summed E-state index contributed by atoms with van der Waals surface area (Å²) in [5.74, 6) is 0. The molecule has 3 rings (SSSR count). The molecule has 1 aliphatic heterocycles. The number of benzene rings is 1. The van der Waals surface area contributed by atoms with Crippen LogP contribution in [0.4, 0.5) is 5.69 Å². The minimum absolute atomic E-state index is 0.569. The number of anilines is 1. The molecule has 0 spiro atoms. The lowest BCUT2D eigenvalue weighted by atomic mass is 10.1. The minimum Gasteiger partial charge on any atom is -0.382 e. The van der Waals surface area contributed by atoms with Crippen LogP contribution >= 0.6 is 0 Å². The monoisotopic (exact) mass is 258 g/mol. The smallest absolute Gasteiger partial charge is 0.143 e. The van der Waals surface area contributed by atoms with Crippen LogP contribution < -0.4 is 10.6 Å². The number of aryl methyl sites for hydroxylation is 1. The van der Waals surface area contributed by atoms with E-state index in [0.29, 0.717) is 6.04 Å². The van der Waals surface area contributed by atoms with Gasteiger partial charge < -0.3 is 10.6 Å². The van der Waals surface area contributed by atoms with Crippen molar-refractivity contribution in [2.75, 3.05) is 18.4 Å². The third kappa shape index (κ3) is 2.73. The van der Waals surface area contributed by atoms with Crippen LogP contribution in [0.2, 0.25) is 0 Å². The van der Waals surface area contributed by atoms with E-state index in [9.17, 15) is 0 Å². The molecule has 0 atom stereocenters. The molecule has 19 heavy (non-hydrogen) atoms. The van der Waals surface area contributed by atoms with E-state index in [1.807, 2.05) is 0 Å². The Labute approximate surface area is 112 Å². The van der Waals surface area contributed by atoms with Gasteiger partial charge in [0.25, 0.3) is 0 Å². The van der Waals surface area contributed by atoms with Crippen molar-refractivity contribution in [1.82, 2.24) is 25.5 Å². The molecule has 0 bridgehead atoms. The summed E-state index contributed by atoms with van der Waals surface area (Å²) in [6.07, 6.45) is 3.96. The zero-order valence-electron chi connectivity index (χ0n) is 11.0. The van der Waals surface area contributed by atoms with Crippen molar-refractivity contribution in [1.29, 1.82) is 0 Å². The van der Waals surface area contributed by atoms with E-state index in [1.165, 1.54) is 18.5 Å². The Kier molecular flexibility index (Phi) is 3.41. The van der Waals surface area contributed by atoms with Gasteiger partial charge in [0.2, 0.25) is 0 Å². The standard InChI is InChI=1S/C13H18N6/c1-10-8-12(16-11-4-6-14-7-5-11)2-3-13(10)19-9-15-17-18-19/h2-3,8-9,11,14,16H,4-7H2,1H3. The molecular weight excluding hydrogens is 240 g/mol. The van der Waals surface area contributed by atoms with E-state index in [2.05, 4.69) is 51.3 Å². The highest BCUT2D eigenvalue weighted by atomic mass is 15.5. The summed E-state index contributed by atoms with van der Waals surface area (Å²) >= 11 is 0. The van der Waals surface area contributed by atoms with Gasteiger partial charge in [0.1, 0.15) is 6.33 Å². The Hall–Kier alpha value is -1.95. The second-order valence-electron chi connectivity index (χ2n) is 4.92. The highest BCUT2D eigenvalue weighted by Gasteiger charge is 2.13. The van der Waals surface area contributed by atoms with Gasteiger partial charge in [-0.2, -0.15) is 0 Å². The fraction of sp³-hybridized carbons (Fsp3) is 0.462. The van der Waals surface area contributed by atoms with E-state index in [0.717, 1.165) is 24.3 Å². The lowest BCUT2D eigenvalue weighted by molar-refractivity contribution is 0.479. The first kappa shape index (κ1) is 12.1. The van der Waals surface area contributed by atoms with E-state index in [1.54, 1.807) is 11.0 Å². The van der Waals surface area contributed by atoms with E-state index < -0.39 is 0 Å². The van der Waals surface area contributed by atoms with Gasteiger partial charge in [0, 0.05) is 11.7 Å². The number of nitrogens with zero attached hydrogens (tertiary/aromatic N) is 4. The number of nitrogens with one attached hydrogen (secondary N) is 2. The lowest BCUT2D eigenvalue weighted by Crippen LogP contribution is -2.35. The molecule has 0 amide bonds. The summed E-state index contributed by atoms with van der Waals surface area (Å²) in [7, 11) is 0. The van der Waals surface area contributed by atoms with E-state index in [-0.39, 0.29) is 0 Å². The number of rotatable bonds is 3. The first-order valence-electron chi connectivity index (χ1n) is 6.64. The summed E-state index contributed by atoms with van der Waals surface area (Å²) in [5, 5.41) is 18.2. The van der Waals surface area contributed by atoms with Crippen molar-refractivity contribution in [2.24, 2.45) is 0 Å². The zero-order valence-corrected chi connectivity index (χ0v) is 11.0. The largest absolute Gasteiger partial charge is 0.382 e. The Balaban J connectivity index is 1.75. The van der Waals surface area contributed by atoms with Crippen molar-refractivity contribution in [3.8, 4) is 5.69 Å². The average molecular weight is 258 g/mol. The molecule has 0 unspecified atom stereocenters. The average Bonchev–Trinajstić information content (AvgIpc) is 2.94. The quantitative estimate of drug-likeness (QED) is 0.864. The second-order valence-corrected chi connectivity index (χ2v) is 4.92. The fourth-order valence-corrected chi connectivity index (χ4v) is 2.48. The van der Waals surface area contributed by atoms with Gasteiger partial charge in [-0.15, -0.1) is 5.10 Å². The highest BCUT2D eigenvalue weighted by molar-refractivity contribution is 5.53. The summed E-state index contributed by atoms with van der Waals surface area (Å²) in [4.78, 5) is 0. The first-order chi connectivity index (χ1) is 9.33. The molecule has 1 aliphatic rings. The van der Waals surface area contributed by atoms with Gasteiger partial charge in [0.15, 0.2) is 0 Å². The van der Waals surface area contributed by atoms with Crippen molar-refractivity contribution >= 4 is 5.69 Å². The van der Waals surface area contributed by atoms with E-state index in [4.69, 9.17) is 0 Å². The summed E-state index contributed by atoms with van der Waals surface area (Å²) in [6, 6.07) is 6.86. The minimum atomic E-state index is 0.569. The molecular formula is C13H18N6. The third-order valence-electron chi connectivity index (χ3n) is 3.50. The van der Waals surface area contributed by atoms with Gasteiger partial charge in [-0.05, 0) is 67.0 Å². The summed E-state index contributed by atoms with van der Waals surface area (Å²) < 4.78 is 1.68. The first-order valence-corrected chi connectivity index (χ1v) is 6.64. The van der Waals surface area contributed by atoms with Crippen LogP contribution in [0.3, 0.4) is 0 Å². The molecule has 1 aromatic carbocycles. The van der Waals surface area contributed by atoms with Crippen LogP contribution in [-0.4, -0.2) is 39.3 Å². The van der Waals surface area contributed by atoms with Gasteiger partial charge in [-0.3, -0.25) is 0 Å². The van der Waals surface area contributed by atoms with Crippen LogP contribution in [0.1, 0.15) is 18.4 Å². The van der Waals surface area contributed by atoms with Gasteiger partial charge in [-0.1, -0.05) is 0 Å². The Morgan fingerprint density at radius 1 is 1.32 bits per heavy atom. The number of piperidine rings is 1. The van der Waals surface area contributed by atoms with Crippen LogP contribution in [0, 0.1) is 6.92 Å². The maximum absolute atomic E-state index is 3.92. The molecule has 2 heterocycles. The number of hydrogen-bond donors (Lipinski definition) is 2. The molecule has 2 aromatic rings. The molecule has 1 saturated heterocycles. The SMILES string of the molecule is Cc1cc(NC2CCNCC2)ccc1-n1cnnn1. The van der Waals surface area contributed by atoms with Crippen molar-refractivity contribution < 1.29 is 0 Å². The highest BCUT2D eigenvalue weighted by Crippen LogP contribution is 2.20. The normalized spacial score (nSPS) is 16.5. The molecule has 6 nitrogen and oxygen atoms in total. The Morgan fingerprint density at radius 2 is 2.16 bits per heavy atom. The maximum Gasteiger partial charge on any atom is 0.143 e. The summed E-state index contributed by atoms with van der Waals surface area (Å²) in [6.45, 7) is 4.27. The predicted molar refractivity (Wildman–Crippen MR) is 73.4 cm³/mol. The molecule has 1 aromatic heterocycles. The number of aromatic nitrogens is 4. The van der Waals surface area contributed by atoms with Crippen molar-refractivity contribution in [2.45, 2.75) is 25.8 Å². The number of hydrogen-bond acceptors (Lipinski definition) is 5. The van der Waals surface area contributed by atoms with Gasteiger partial charge in [-0.25, -0.2) is 4.68 Å². The molecule has 1 fully saturated rings. The molecule has 2 N–H and O–H groups in total. The van der Waals surface area contributed by atoms with Crippen LogP contribution in [0.25, 0.3) is 5.69 Å². The Bertz CT molecular complexity index is 530. The number of tetrazole rings is 1. The maximum atomic E-state index is 3.92. The van der Waals surface area contributed by atoms with Crippen LogP contribution in [0.15, 0.2) is 24.5 Å². The Morgan fingerprint density at radius 3 is 2.84 bits per heavy atom. The molecule has 0 saturated carbocycles. The zero-order chi connectivity index (χ0) is 13.1. The topological polar surface area (TPSA) is 67.7 Å². The lowest BCUT2D eigenvalue weighted by Gasteiger charge is -2.25. The molecule has 6 heteroatoms. The van der Waals surface area contributed by atoms with E-state index >= 15 is 0 Å². The molecule has 0 aliphatic carbocycles. The van der Waals surface area contributed by atoms with Crippen LogP contribution in [-0.2, 0) is 0 Å². The van der Waals surface area contributed by atoms with Crippen LogP contribution in [0.5, 0.6) is 0 Å². The molecule has 0 radical (unpaired) electrons. The summed E-state index contributed by atoms with van der Waals surface area (Å²) in [5.41, 5.74) is 3.34. The molecule has 100 valence electrons. The van der Waals surface area contributed by atoms with Gasteiger partial charge in [0.05, 0.1) is 5.69 Å². The van der Waals surface area contributed by atoms with Crippen molar-refractivity contribution in [3.05, 3.63) is 30.1 Å². The second kappa shape index (κ2) is 5.36. The predicted octanol–water partition coefficient (Wildman–Crippen LogP) is 1.13. The van der Waals surface area contributed by atoms with Gasteiger partial charge >= 0.3 is 0 Å². The third-order valence-corrected chi connectivity index (χ3v) is 3.50. The fourth-order valence-electron chi connectivity index (χ4n) is 2.48. The van der Waals surface area contributed by atoms with Crippen molar-refractivity contribution in [3.63, 3.8) is 0 Å².